The van der Waals surface area contributed by atoms with Crippen LogP contribution in [0.15, 0.2) is 73.8 Å². The van der Waals surface area contributed by atoms with Gasteiger partial charge >= 0.3 is 11.9 Å². The number of rotatable bonds is 12. The zero-order chi connectivity index (χ0) is 22.7. The molecular formula is C31H52O6. The smallest absolute Gasteiger partial charge is 0.330 e. The molecule has 0 heterocycles. The zero-order valence-electron chi connectivity index (χ0n) is 18.0. The van der Waals surface area contributed by atoms with Crippen LogP contribution in [0, 0.1) is 0 Å². The molecule has 6 nitrogen and oxygen atoms in total. The molecule has 0 aromatic heterocycles. The zero-order valence-corrected chi connectivity index (χ0v) is 18.0. The molecule has 0 N–H and O–H groups in total. The van der Waals surface area contributed by atoms with Crippen LogP contribution in [0.1, 0.15) is 69.5 Å². The summed E-state index contributed by atoms with van der Waals surface area (Å²) in [5, 5.41) is 0. The summed E-state index contributed by atoms with van der Waals surface area (Å²) >= 11 is 0. The van der Waals surface area contributed by atoms with Gasteiger partial charge in [-0.3, -0.25) is 0 Å². The first-order valence-electron chi connectivity index (χ1n) is 9.92. The highest BCUT2D eigenvalue weighted by atomic mass is 16.6. The summed E-state index contributed by atoms with van der Waals surface area (Å²) in [5.74, 6) is 0.478. The van der Waals surface area contributed by atoms with E-state index in [2.05, 4.69) is 27.0 Å². The van der Waals surface area contributed by atoms with Crippen LogP contribution >= 0.6 is 0 Å². The Morgan fingerprint density at radius 3 is 1.19 bits per heavy atom. The van der Waals surface area contributed by atoms with Crippen LogP contribution in [0.2, 0.25) is 0 Å². The van der Waals surface area contributed by atoms with Crippen LogP contribution in [0.4, 0.5) is 0 Å². The van der Waals surface area contributed by atoms with Gasteiger partial charge in [0.2, 0.25) is 0 Å². The minimum atomic E-state index is -0.465. The van der Waals surface area contributed by atoms with E-state index in [0.717, 1.165) is 23.3 Å². The molecule has 0 aliphatic rings. The third kappa shape index (κ3) is 14.0. The number of benzene rings is 2. The lowest BCUT2D eigenvalue weighted by Crippen LogP contribution is -2.19. The van der Waals surface area contributed by atoms with Crippen LogP contribution in [0.3, 0.4) is 0 Å². The van der Waals surface area contributed by atoms with Gasteiger partial charge in [-0.2, -0.15) is 0 Å². The van der Waals surface area contributed by atoms with Gasteiger partial charge in [0, 0.05) is 17.6 Å². The molecule has 37 heavy (non-hydrogen) atoms. The summed E-state index contributed by atoms with van der Waals surface area (Å²) in [6.45, 7) is 11.9. The molecule has 0 spiro atoms. The van der Waals surface area contributed by atoms with Crippen molar-refractivity contribution < 1.29 is 28.5 Å². The lowest BCUT2D eigenvalue weighted by molar-refractivity contribution is -0.139. The summed E-state index contributed by atoms with van der Waals surface area (Å²) < 4.78 is 21.0. The second kappa shape index (κ2) is 21.7. The molecule has 212 valence electrons. The van der Waals surface area contributed by atoms with Gasteiger partial charge in [0.05, 0.1) is 0 Å². The fourth-order valence-corrected chi connectivity index (χ4v) is 2.82. The minimum Gasteiger partial charge on any atom is -0.490 e. The largest absolute Gasteiger partial charge is 0.490 e. The molecular weight excluding hydrogens is 468 g/mol. The van der Waals surface area contributed by atoms with Crippen LogP contribution in [0.5, 0.6) is 11.5 Å². The molecule has 0 unspecified atom stereocenters. The van der Waals surface area contributed by atoms with Crippen molar-refractivity contribution in [2.75, 3.05) is 26.4 Å². The fourth-order valence-electron chi connectivity index (χ4n) is 2.82. The molecule has 2 rings (SSSR count). The van der Waals surface area contributed by atoms with E-state index in [4.69, 9.17) is 18.9 Å². The number of carbonyl (C=O) groups excluding carboxylic acids is 2. The Morgan fingerprint density at radius 2 is 0.919 bits per heavy atom. The lowest BCUT2D eigenvalue weighted by Gasteiger charge is -2.26. The molecule has 0 amide bonds. The second-order valence-corrected chi connectivity index (χ2v) is 7.11. The molecule has 6 heteroatoms. The monoisotopic (exact) mass is 520 g/mol. The first-order chi connectivity index (χ1) is 14.9. The third-order valence-corrected chi connectivity index (χ3v) is 4.68. The van der Waals surface area contributed by atoms with Gasteiger partial charge in [-0.1, -0.05) is 95.8 Å². The lowest BCUT2D eigenvalue weighted by atomic mass is 9.78. The van der Waals surface area contributed by atoms with Gasteiger partial charge in [0.1, 0.15) is 37.9 Å². The Labute approximate surface area is 227 Å². The van der Waals surface area contributed by atoms with E-state index in [-0.39, 0.29) is 76.4 Å². The van der Waals surface area contributed by atoms with Gasteiger partial charge in [-0.05, 0) is 35.4 Å². The Kier molecular flexibility index (Phi) is 25.6. The molecule has 0 saturated heterocycles. The number of ether oxygens (including phenoxy) is 4. The van der Waals surface area contributed by atoms with Crippen molar-refractivity contribution in [3.8, 4) is 11.5 Å². The molecule has 0 aliphatic heterocycles. The molecule has 0 bridgehead atoms. The van der Waals surface area contributed by atoms with Crippen molar-refractivity contribution in [2.24, 2.45) is 0 Å². The van der Waals surface area contributed by atoms with Gasteiger partial charge < -0.3 is 18.9 Å². The molecule has 2 aromatic rings. The summed E-state index contributed by atoms with van der Waals surface area (Å²) in [7, 11) is 0. The second-order valence-electron chi connectivity index (χ2n) is 7.11. The quantitative estimate of drug-likeness (QED) is 0.160. The van der Waals surface area contributed by atoms with Gasteiger partial charge in [0.25, 0.3) is 0 Å². The molecule has 0 saturated carbocycles. The topological polar surface area (TPSA) is 71.1 Å². The van der Waals surface area contributed by atoms with Crippen molar-refractivity contribution in [1.29, 1.82) is 0 Å². The molecule has 2 aromatic carbocycles. The first-order valence-corrected chi connectivity index (χ1v) is 9.92. The SMILES string of the molecule is C.C.C.C.C.C.C=CC(=O)OCCOc1ccc(C(C)(C)c2ccc(OCCOC(=O)C=C)cc2)cc1. The highest BCUT2D eigenvalue weighted by Gasteiger charge is 2.23. The predicted molar refractivity (Wildman–Crippen MR) is 159 cm³/mol. The summed E-state index contributed by atoms with van der Waals surface area (Å²) in [5.41, 5.74) is 2.03. The van der Waals surface area contributed by atoms with E-state index >= 15 is 0 Å². The van der Waals surface area contributed by atoms with E-state index < -0.39 is 11.9 Å². The van der Waals surface area contributed by atoms with E-state index in [1.807, 2.05) is 48.5 Å². The van der Waals surface area contributed by atoms with Crippen molar-refractivity contribution >= 4 is 11.9 Å². The standard InChI is InChI=1S/C25H28O6.6CH4/c1-5-23(26)30-17-15-28-21-11-7-19(8-12-21)25(3,4)20-9-13-22(14-10-20)29-16-18-31-24(27)6-2;;;;;;/h5-14H,1-2,15-18H2,3-4H3;6*1H4. The fraction of sp³-hybridized carbons (Fsp3) is 0.419. The summed E-state index contributed by atoms with van der Waals surface area (Å²) in [6.07, 6.45) is 2.24. The molecule has 0 fully saturated rings. The van der Waals surface area contributed by atoms with E-state index in [1.165, 1.54) is 0 Å². The maximum Gasteiger partial charge on any atom is 0.330 e. The van der Waals surface area contributed by atoms with Gasteiger partial charge in [-0.25, -0.2) is 9.59 Å². The Bertz CT molecular complexity index is 809. The van der Waals surface area contributed by atoms with E-state index in [0.29, 0.717) is 11.5 Å². The molecule has 0 atom stereocenters. The maximum atomic E-state index is 11.0. The van der Waals surface area contributed by atoms with E-state index in [1.54, 1.807) is 0 Å². The van der Waals surface area contributed by atoms with Gasteiger partial charge in [0.15, 0.2) is 0 Å². The number of esters is 2. The highest BCUT2D eigenvalue weighted by molar-refractivity contribution is 5.81. The average Bonchev–Trinajstić information content (AvgIpc) is 2.79. The Morgan fingerprint density at radius 1 is 0.622 bits per heavy atom. The number of hydrogen-bond acceptors (Lipinski definition) is 6. The van der Waals surface area contributed by atoms with Crippen molar-refractivity contribution in [3.05, 3.63) is 85.0 Å². The maximum absolute atomic E-state index is 11.0. The van der Waals surface area contributed by atoms with Crippen molar-refractivity contribution in [1.82, 2.24) is 0 Å². The average molecular weight is 521 g/mol. The van der Waals surface area contributed by atoms with E-state index in [9.17, 15) is 9.59 Å². The predicted octanol–water partition coefficient (Wildman–Crippen LogP) is 8.05. The number of carbonyl (C=O) groups is 2. The molecule has 0 radical (unpaired) electrons. The minimum absolute atomic E-state index is 0. The van der Waals surface area contributed by atoms with Crippen molar-refractivity contribution in [3.63, 3.8) is 0 Å². The number of hydrogen-bond donors (Lipinski definition) is 0. The Balaban J connectivity index is -0.000000569. The van der Waals surface area contributed by atoms with Crippen molar-refractivity contribution in [2.45, 2.75) is 63.8 Å². The summed E-state index contributed by atoms with van der Waals surface area (Å²) in [6, 6.07) is 15.7. The van der Waals surface area contributed by atoms with Crippen LogP contribution in [-0.4, -0.2) is 38.4 Å². The summed E-state index contributed by atoms with van der Waals surface area (Å²) in [4.78, 5) is 22.0. The van der Waals surface area contributed by atoms with Gasteiger partial charge in [-0.15, -0.1) is 0 Å². The van der Waals surface area contributed by atoms with Crippen LogP contribution in [-0.2, 0) is 24.5 Å². The Hall–Kier alpha value is -3.54. The third-order valence-electron chi connectivity index (χ3n) is 4.68. The highest BCUT2D eigenvalue weighted by Crippen LogP contribution is 2.33. The first kappa shape index (κ1) is 43.5. The normalized spacial score (nSPS) is 8.92. The molecule has 0 aliphatic carbocycles. The van der Waals surface area contributed by atoms with Crippen LogP contribution in [0.25, 0.3) is 0 Å². The van der Waals surface area contributed by atoms with Crippen LogP contribution < -0.4 is 9.47 Å².